The van der Waals surface area contributed by atoms with Gasteiger partial charge in [-0.05, 0) is 35.4 Å². The molecule has 6 heteroatoms. The fraction of sp³-hybridized carbons (Fsp3) is 0.182. The maximum atomic E-state index is 11.6. The summed E-state index contributed by atoms with van der Waals surface area (Å²) < 4.78 is 23.3. The van der Waals surface area contributed by atoms with Crippen LogP contribution in [0.3, 0.4) is 0 Å². The third-order valence-corrected chi connectivity index (χ3v) is 4.26. The molecule has 0 aromatic heterocycles. The van der Waals surface area contributed by atoms with E-state index in [1.807, 2.05) is 0 Å². The van der Waals surface area contributed by atoms with Gasteiger partial charge in [0.05, 0.1) is 10.6 Å². The van der Waals surface area contributed by atoms with Crippen LogP contribution >= 0.6 is 23.2 Å². The van der Waals surface area contributed by atoms with E-state index in [0.717, 1.165) is 0 Å². The number of hydrogen-bond donors (Lipinski definition) is 0. The SMILES string of the molecule is O=C(Cl)C=Cc1ccc(S(=O)(=O)CCCl)cc1. The second kappa shape index (κ2) is 6.19. The van der Waals surface area contributed by atoms with Gasteiger partial charge < -0.3 is 0 Å². The molecular formula is C11H10Cl2O3S. The molecule has 0 unspecified atom stereocenters. The van der Waals surface area contributed by atoms with E-state index in [2.05, 4.69) is 0 Å². The smallest absolute Gasteiger partial charge is 0.245 e. The number of hydrogen-bond acceptors (Lipinski definition) is 3. The largest absolute Gasteiger partial charge is 0.276 e. The summed E-state index contributed by atoms with van der Waals surface area (Å²) in [5.41, 5.74) is 0.698. The summed E-state index contributed by atoms with van der Waals surface area (Å²) in [6.07, 6.45) is 2.71. The van der Waals surface area contributed by atoms with E-state index in [9.17, 15) is 13.2 Å². The first-order valence-corrected chi connectivity index (χ1v) is 7.28. The monoisotopic (exact) mass is 292 g/mol. The number of carbonyl (C=O) groups excluding carboxylic acids is 1. The van der Waals surface area contributed by atoms with Gasteiger partial charge in [-0.3, -0.25) is 4.79 Å². The van der Waals surface area contributed by atoms with Crippen molar-refractivity contribution in [2.24, 2.45) is 0 Å². The molecule has 0 amide bonds. The van der Waals surface area contributed by atoms with Crippen LogP contribution in [0, 0.1) is 0 Å². The fourth-order valence-electron chi connectivity index (χ4n) is 1.17. The van der Waals surface area contributed by atoms with Crippen LogP contribution in [-0.2, 0) is 14.6 Å². The third kappa shape index (κ3) is 4.50. The first kappa shape index (κ1) is 14.2. The van der Waals surface area contributed by atoms with Gasteiger partial charge in [-0.15, -0.1) is 11.6 Å². The summed E-state index contributed by atoms with van der Waals surface area (Å²) >= 11 is 10.5. The molecule has 0 saturated carbocycles. The summed E-state index contributed by atoms with van der Waals surface area (Å²) in [7, 11) is -3.31. The zero-order valence-corrected chi connectivity index (χ0v) is 11.1. The summed E-state index contributed by atoms with van der Waals surface area (Å²) in [6, 6.07) is 6.13. The second-order valence-electron chi connectivity index (χ2n) is 3.21. The molecule has 0 N–H and O–H groups in total. The van der Waals surface area contributed by atoms with Crippen molar-refractivity contribution in [2.75, 3.05) is 11.6 Å². The topological polar surface area (TPSA) is 51.2 Å². The van der Waals surface area contributed by atoms with Gasteiger partial charge in [-0.2, -0.15) is 0 Å². The second-order valence-corrected chi connectivity index (χ2v) is 6.07. The van der Waals surface area contributed by atoms with Gasteiger partial charge in [0.25, 0.3) is 0 Å². The average molecular weight is 293 g/mol. The Morgan fingerprint density at radius 2 is 1.82 bits per heavy atom. The van der Waals surface area contributed by atoms with E-state index in [0.29, 0.717) is 5.56 Å². The lowest BCUT2D eigenvalue weighted by Gasteiger charge is -2.02. The standard InChI is InChI=1S/C11H10Cl2O3S/c12-7-8-17(15,16)10-4-1-9(2-5-10)3-6-11(13)14/h1-6H,7-8H2. The molecule has 0 aliphatic rings. The summed E-state index contributed by atoms with van der Waals surface area (Å²) in [6.45, 7) is 0. The Morgan fingerprint density at radius 1 is 1.24 bits per heavy atom. The predicted octanol–water partition coefficient (Wildman–Crippen LogP) is 2.48. The van der Waals surface area contributed by atoms with Crippen LogP contribution in [0.2, 0.25) is 0 Å². The summed E-state index contributed by atoms with van der Waals surface area (Å²) in [4.78, 5) is 10.7. The van der Waals surface area contributed by atoms with E-state index in [1.54, 1.807) is 12.1 Å². The molecular weight excluding hydrogens is 283 g/mol. The van der Waals surface area contributed by atoms with Gasteiger partial charge in [0, 0.05) is 5.88 Å². The number of alkyl halides is 1. The van der Waals surface area contributed by atoms with Crippen molar-refractivity contribution in [1.29, 1.82) is 0 Å². The number of halogens is 2. The normalized spacial score (nSPS) is 11.9. The van der Waals surface area contributed by atoms with Gasteiger partial charge in [0.2, 0.25) is 5.24 Å². The first-order valence-electron chi connectivity index (χ1n) is 4.72. The van der Waals surface area contributed by atoms with E-state index in [-0.39, 0.29) is 16.5 Å². The quantitative estimate of drug-likeness (QED) is 0.476. The molecule has 0 fully saturated rings. The van der Waals surface area contributed by atoms with Crippen LogP contribution < -0.4 is 0 Å². The van der Waals surface area contributed by atoms with Crippen LogP contribution in [0.25, 0.3) is 6.08 Å². The highest BCUT2D eigenvalue weighted by atomic mass is 35.5. The van der Waals surface area contributed by atoms with Crippen LogP contribution in [0.15, 0.2) is 35.2 Å². The molecule has 0 aliphatic carbocycles. The minimum absolute atomic E-state index is 0.0603. The molecule has 1 aromatic rings. The molecule has 17 heavy (non-hydrogen) atoms. The van der Waals surface area contributed by atoms with Crippen LogP contribution in [0.1, 0.15) is 5.56 Å². The summed E-state index contributed by atoms with van der Waals surface area (Å²) in [5.74, 6) is -0.0331. The molecule has 0 aliphatic heterocycles. The molecule has 1 aromatic carbocycles. The Morgan fingerprint density at radius 3 is 2.29 bits per heavy atom. The zero-order chi connectivity index (χ0) is 12.9. The maximum absolute atomic E-state index is 11.6. The van der Waals surface area contributed by atoms with Gasteiger partial charge in [0.1, 0.15) is 0 Å². The number of rotatable bonds is 5. The first-order chi connectivity index (χ1) is 7.95. The highest BCUT2D eigenvalue weighted by Gasteiger charge is 2.12. The van der Waals surface area contributed by atoms with Crippen molar-refractivity contribution in [2.45, 2.75) is 4.90 Å². The lowest BCUT2D eigenvalue weighted by molar-refractivity contribution is -0.107. The van der Waals surface area contributed by atoms with Crippen LogP contribution in [0.5, 0.6) is 0 Å². The minimum Gasteiger partial charge on any atom is -0.276 e. The molecule has 3 nitrogen and oxygen atoms in total. The van der Waals surface area contributed by atoms with Crippen molar-refractivity contribution in [3.05, 3.63) is 35.9 Å². The molecule has 0 spiro atoms. The zero-order valence-electron chi connectivity index (χ0n) is 8.77. The van der Waals surface area contributed by atoms with E-state index >= 15 is 0 Å². The van der Waals surface area contributed by atoms with Gasteiger partial charge >= 0.3 is 0 Å². The lowest BCUT2D eigenvalue weighted by atomic mass is 10.2. The molecule has 1 rings (SSSR count). The third-order valence-electron chi connectivity index (χ3n) is 1.99. The Balaban J connectivity index is 2.92. The van der Waals surface area contributed by atoms with Crippen LogP contribution in [0.4, 0.5) is 0 Å². The molecule has 92 valence electrons. The average Bonchev–Trinajstić information content (AvgIpc) is 2.27. The Labute approximate surface area is 110 Å². The number of benzene rings is 1. The Bertz CT molecular complexity index is 518. The van der Waals surface area contributed by atoms with Crippen molar-refractivity contribution in [3.8, 4) is 0 Å². The van der Waals surface area contributed by atoms with Gasteiger partial charge in [-0.1, -0.05) is 18.2 Å². The van der Waals surface area contributed by atoms with Crippen molar-refractivity contribution < 1.29 is 13.2 Å². The number of sulfone groups is 1. The molecule has 0 heterocycles. The predicted molar refractivity (Wildman–Crippen MR) is 69.1 cm³/mol. The number of carbonyl (C=O) groups is 1. The minimum atomic E-state index is -3.31. The highest BCUT2D eigenvalue weighted by molar-refractivity contribution is 7.91. The van der Waals surface area contributed by atoms with Crippen molar-refractivity contribution >= 4 is 44.4 Å². The van der Waals surface area contributed by atoms with Crippen molar-refractivity contribution in [1.82, 2.24) is 0 Å². The van der Waals surface area contributed by atoms with E-state index in [4.69, 9.17) is 23.2 Å². The van der Waals surface area contributed by atoms with Crippen LogP contribution in [-0.4, -0.2) is 25.3 Å². The number of allylic oxidation sites excluding steroid dienone is 1. The maximum Gasteiger partial charge on any atom is 0.245 e. The Kier molecular flexibility index (Phi) is 5.18. The van der Waals surface area contributed by atoms with E-state index in [1.165, 1.54) is 24.3 Å². The summed E-state index contributed by atoms with van der Waals surface area (Å²) in [5, 5.41) is -0.580. The highest BCUT2D eigenvalue weighted by Crippen LogP contribution is 2.13. The molecule has 0 bridgehead atoms. The lowest BCUT2D eigenvalue weighted by Crippen LogP contribution is -2.07. The molecule has 0 saturated heterocycles. The molecule has 0 atom stereocenters. The fourth-order valence-corrected chi connectivity index (χ4v) is 2.83. The van der Waals surface area contributed by atoms with E-state index < -0.39 is 15.1 Å². The van der Waals surface area contributed by atoms with Gasteiger partial charge in [-0.25, -0.2) is 8.42 Å². The Hall–Kier alpha value is -0.840. The molecule has 0 radical (unpaired) electrons. The van der Waals surface area contributed by atoms with Gasteiger partial charge in [0.15, 0.2) is 9.84 Å². The van der Waals surface area contributed by atoms with Crippen molar-refractivity contribution in [3.63, 3.8) is 0 Å².